The number of carbonyl (C=O) groups is 1. The Morgan fingerprint density at radius 2 is 2.29 bits per heavy atom. The second-order valence-electron chi connectivity index (χ2n) is 5.25. The van der Waals surface area contributed by atoms with E-state index in [1.165, 1.54) is 18.2 Å². The summed E-state index contributed by atoms with van der Waals surface area (Å²) in [7, 11) is 0. The van der Waals surface area contributed by atoms with Crippen LogP contribution in [0.5, 0.6) is 0 Å². The molecule has 1 N–H and O–H groups in total. The third-order valence-electron chi connectivity index (χ3n) is 3.77. The highest BCUT2D eigenvalue weighted by atomic mass is 16.6. The van der Waals surface area contributed by atoms with Crippen LogP contribution in [0.3, 0.4) is 0 Å². The monoisotopic (exact) mass is 289 g/mol. The van der Waals surface area contributed by atoms with Gasteiger partial charge in [-0.25, -0.2) is 4.79 Å². The number of nitro benzene ring substituents is 1. The normalized spacial score (nSPS) is 21.6. The SMILES string of the molecule is CC1CCN(c2ccc([N+](=O)[O-])cc2C#N)C(C(=O)O)C1. The highest BCUT2D eigenvalue weighted by Crippen LogP contribution is 2.32. The van der Waals surface area contributed by atoms with Crippen LogP contribution >= 0.6 is 0 Å². The van der Waals surface area contributed by atoms with E-state index in [-0.39, 0.29) is 11.3 Å². The number of rotatable bonds is 3. The van der Waals surface area contributed by atoms with E-state index in [0.29, 0.717) is 24.6 Å². The molecule has 0 bridgehead atoms. The lowest BCUT2D eigenvalue weighted by Gasteiger charge is -2.38. The summed E-state index contributed by atoms with van der Waals surface area (Å²) >= 11 is 0. The maximum Gasteiger partial charge on any atom is 0.326 e. The van der Waals surface area contributed by atoms with Crippen LogP contribution in [0, 0.1) is 27.4 Å². The van der Waals surface area contributed by atoms with Gasteiger partial charge in [-0.2, -0.15) is 5.26 Å². The number of aliphatic carboxylic acids is 1. The molecule has 2 unspecified atom stereocenters. The molecule has 0 radical (unpaired) electrons. The molecule has 0 aliphatic carbocycles. The van der Waals surface area contributed by atoms with Crippen molar-refractivity contribution in [3.8, 4) is 6.07 Å². The average molecular weight is 289 g/mol. The van der Waals surface area contributed by atoms with Gasteiger partial charge in [-0.3, -0.25) is 10.1 Å². The minimum Gasteiger partial charge on any atom is -0.480 e. The lowest BCUT2D eigenvalue weighted by atomic mass is 9.91. The van der Waals surface area contributed by atoms with Crippen LogP contribution in [0.25, 0.3) is 0 Å². The maximum atomic E-state index is 11.4. The van der Waals surface area contributed by atoms with Gasteiger partial charge in [-0.1, -0.05) is 6.92 Å². The van der Waals surface area contributed by atoms with Crippen molar-refractivity contribution >= 4 is 17.3 Å². The largest absolute Gasteiger partial charge is 0.480 e. The number of non-ortho nitro benzene ring substituents is 1. The molecule has 0 aromatic heterocycles. The minimum atomic E-state index is -0.941. The lowest BCUT2D eigenvalue weighted by molar-refractivity contribution is -0.384. The Kier molecular flexibility index (Phi) is 4.08. The van der Waals surface area contributed by atoms with Crippen LogP contribution in [0.1, 0.15) is 25.3 Å². The summed E-state index contributed by atoms with van der Waals surface area (Å²) in [6.45, 7) is 2.51. The summed E-state index contributed by atoms with van der Waals surface area (Å²) < 4.78 is 0. The van der Waals surface area contributed by atoms with E-state index in [0.717, 1.165) is 6.42 Å². The summed E-state index contributed by atoms with van der Waals surface area (Å²) in [6.07, 6.45) is 1.32. The average Bonchev–Trinajstić information content (AvgIpc) is 2.46. The van der Waals surface area contributed by atoms with Crippen molar-refractivity contribution in [2.75, 3.05) is 11.4 Å². The summed E-state index contributed by atoms with van der Waals surface area (Å²) in [5.41, 5.74) is 0.403. The molecule has 2 atom stereocenters. The molecule has 7 heteroatoms. The lowest BCUT2D eigenvalue weighted by Crippen LogP contribution is -2.47. The van der Waals surface area contributed by atoms with Crippen LogP contribution in [-0.4, -0.2) is 28.6 Å². The van der Waals surface area contributed by atoms with E-state index in [9.17, 15) is 25.3 Å². The van der Waals surface area contributed by atoms with Crippen molar-refractivity contribution in [1.82, 2.24) is 0 Å². The van der Waals surface area contributed by atoms with Crippen LogP contribution in [-0.2, 0) is 4.79 Å². The number of nitriles is 1. The molecule has 1 saturated heterocycles. The molecular formula is C14H15N3O4. The third-order valence-corrected chi connectivity index (χ3v) is 3.77. The Labute approximate surface area is 121 Å². The van der Waals surface area contributed by atoms with Crippen molar-refractivity contribution in [2.24, 2.45) is 5.92 Å². The van der Waals surface area contributed by atoms with Gasteiger partial charge < -0.3 is 10.0 Å². The van der Waals surface area contributed by atoms with Crippen LogP contribution < -0.4 is 4.90 Å². The van der Waals surface area contributed by atoms with E-state index in [2.05, 4.69) is 0 Å². The molecular weight excluding hydrogens is 274 g/mol. The number of anilines is 1. The summed E-state index contributed by atoms with van der Waals surface area (Å²) in [6, 6.07) is 5.16. The first-order valence-corrected chi connectivity index (χ1v) is 6.62. The predicted molar refractivity (Wildman–Crippen MR) is 75.0 cm³/mol. The summed E-state index contributed by atoms with van der Waals surface area (Å²) in [5.74, 6) is -0.644. The predicted octanol–water partition coefficient (Wildman–Crippen LogP) is 2.16. The van der Waals surface area contributed by atoms with E-state index in [4.69, 9.17) is 0 Å². The summed E-state index contributed by atoms with van der Waals surface area (Å²) in [4.78, 5) is 23.3. The molecule has 7 nitrogen and oxygen atoms in total. The molecule has 0 saturated carbocycles. The molecule has 1 aliphatic rings. The number of nitro groups is 1. The molecule has 1 fully saturated rings. The zero-order valence-corrected chi connectivity index (χ0v) is 11.5. The van der Waals surface area contributed by atoms with Gasteiger partial charge in [-0.15, -0.1) is 0 Å². The van der Waals surface area contributed by atoms with Crippen LogP contribution in [0.15, 0.2) is 18.2 Å². The van der Waals surface area contributed by atoms with Gasteiger partial charge >= 0.3 is 5.97 Å². The van der Waals surface area contributed by atoms with E-state index >= 15 is 0 Å². The molecule has 1 aromatic carbocycles. The number of carboxylic acid groups (broad SMARTS) is 1. The van der Waals surface area contributed by atoms with Gasteiger partial charge in [0, 0.05) is 18.7 Å². The van der Waals surface area contributed by atoms with Crippen molar-refractivity contribution in [3.05, 3.63) is 33.9 Å². The van der Waals surface area contributed by atoms with Crippen molar-refractivity contribution < 1.29 is 14.8 Å². The zero-order valence-electron chi connectivity index (χ0n) is 11.5. The first-order chi connectivity index (χ1) is 9.93. The van der Waals surface area contributed by atoms with Gasteiger partial charge in [0.15, 0.2) is 0 Å². The van der Waals surface area contributed by atoms with Crippen LogP contribution in [0.4, 0.5) is 11.4 Å². The number of benzene rings is 1. The Hall–Kier alpha value is -2.62. The van der Waals surface area contributed by atoms with Gasteiger partial charge in [-0.05, 0) is 24.8 Å². The van der Waals surface area contributed by atoms with Crippen LogP contribution in [0.2, 0.25) is 0 Å². The number of nitrogens with zero attached hydrogens (tertiary/aromatic N) is 3. The zero-order chi connectivity index (χ0) is 15.6. The molecule has 1 aliphatic heterocycles. The Bertz CT molecular complexity index is 623. The summed E-state index contributed by atoms with van der Waals surface area (Å²) in [5, 5.41) is 29.3. The number of hydrogen-bond acceptors (Lipinski definition) is 5. The first-order valence-electron chi connectivity index (χ1n) is 6.62. The molecule has 0 spiro atoms. The molecule has 1 aromatic rings. The Morgan fingerprint density at radius 3 is 2.86 bits per heavy atom. The van der Waals surface area contributed by atoms with E-state index in [1.807, 2.05) is 13.0 Å². The second-order valence-corrected chi connectivity index (χ2v) is 5.25. The topological polar surface area (TPSA) is 107 Å². The van der Waals surface area contributed by atoms with Crippen molar-refractivity contribution in [3.63, 3.8) is 0 Å². The molecule has 2 rings (SSSR count). The maximum absolute atomic E-state index is 11.4. The number of hydrogen-bond donors (Lipinski definition) is 1. The smallest absolute Gasteiger partial charge is 0.326 e. The number of carboxylic acids is 1. The number of piperidine rings is 1. The second kappa shape index (κ2) is 5.79. The van der Waals surface area contributed by atoms with Crippen molar-refractivity contribution in [2.45, 2.75) is 25.8 Å². The highest BCUT2D eigenvalue weighted by molar-refractivity contribution is 5.80. The fourth-order valence-corrected chi connectivity index (χ4v) is 2.64. The highest BCUT2D eigenvalue weighted by Gasteiger charge is 2.33. The van der Waals surface area contributed by atoms with E-state index in [1.54, 1.807) is 4.90 Å². The molecule has 1 heterocycles. The standard InChI is InChI=1S/C14H15N3O4/c1-9-4-5-16(13(6-9)14(18)19)12-3-2-11(17(20)21)7-10(12)8-15/h2-3,7,9,13H,4-6H2,1H3,(H,18,19). The molecule has 21 heavy (non-hydrogen) atoms. The van der Waals surface area contributed by atoms with Gasteiger partial charge in [0.1, 0.15) is 12.1 Å². The van der Waals surface area contributed by atoms with Gasteiger partial charge in [0.25, 0.3) is 5.69 Å². The third kappa shape index (κ3) is 2.94. The fourth-order valence-electron chi connectivity index (χ4n) is 2.64. The Morgan fingerprint density at radius 1 is 1.57 bits per heavy atom. The molecule has 0 amide bonds. The quantitative estimate of drug-likeness (QED) is 0.674. The fraction of sp³-hybridized carbons (Fsp3) is 0.429. The van der Waals surface area contributed by atoms with E-state index < -0.39 is 16.9 Å². The van der Waals surface area contributed by atoms with Crippen molar-refractivity contribution in [1.29, 1.82) is 5.26 Å². The first kappa shape index (κ1) is 14.8. The van der Waals surface area contributed by atoms with Gasteiger partial charge in [0.05, 0.1) is 16.2 Å². The minimum absolute atomic E-state index is 0.130. The van der Waals surface area contributed by atoms with Gasteiger partial charge in [0.2, 0.25) is 0 Å². The Balaban J connectivity index is 2.42. The molecule has 110 valence electrons.